The number of ether oxygens (including phenoxy) is 3. The number of aryl methyl sites for hydroxylation is 2. The number of hydrogen-bond donors (Lipinski definition) is 0. The molecular weight excluding hydrogens is 531 g/mol. The normalized spacial score (nSPS) is 14.1. The van der Waals surface area contributed by atoms with E-state index in [-0.39, 0.29) is 18.1 Å². The van der Waals surface area contributed by atoms with E-state index < -0.39 is 18.5 Å². The minimum atomic E-state index is -2.98. The molecule has 3 aromatic rings. The second-order valence-corrected chi connectivity index (χ2v) is 10.8. The molecule has 1 saturated carbocycles. The zero-order valence-corrected chi connectivity index (χ0v) is 22.1. The van der Waals surface area contributed by atoms with E-state index in [1.54, 1.807) is 18.2 Å². The van der Waals surface area contributed by atoms with Crippen LogP contribution < -0.4 is 9.47 Å². The number of alkyl halides is 2. The quantitative estimate of drug-likeness (QED) is 0.227. The van der Waals surface area contributed by atoms with Crippen molar-refractivity contribution >= 4 is 40.5 Å². The fourth-order valence-electron chi connectivity index (χ4n) is 3.65. The first kappa shape index (κ1) is 26.6. The standard InChI is InChI=1S/C26H25Cl2F2NO4S/c1-14-7-24(36-15(14)2)25(32)34-13-18(8-19-20(27)10-31-11-21(19)28)17-5-6-22(35-26(29)30)23(9-17)33-12-16-3-4-16/h5-7,9-11,16,18,26H,3-4,8,12-13H2,1-2H3/t18-/m1/s1. The molecule has 0 N–H and O–H groups in total. The number of rotatable bonds is 11. The summed E-state index contributed by atoms with van der Waals surface area (Å²) < 4.78 is 42.1. The molecule has 5 nitrogen and oxygen atoms in total. The molecule has 0 radical (unpaired) electrons. The van der Waals surface area contributed by atoms with Crippen LogP contribution in [0.15, 0.2) is 36.7 Å². The molecule has 0 aliphatic heterocycles. The van der Waals surface area contributed by atoms with E-state index in [0.717, 1.165) is 23.3 Å². The maximum atomic E-state index is 13.0. The predicted octanol–water partition coefficient (Wildman–Crippen LogP) is 7.64. The van der Waals surface area contributed by atoms with E-state index in [0.29, 0.717) is 45.0 Å². The molecule has 192 valence electrons. The third-order valence-electron chi connectivity index (χ3n) is 6.01. The van der Waals surface area contributed by atoms with Crippen LogP contribution in [-0.2, 0) is 11.2 Å². The van der Waals surface area contributed by atoms with E-state index in [9.17, 15) is 13.6 Å². The summed E-state index contributed by atoms with van der Waals surface area (Å²) in [5.41, 5.74) is 2.37. The Balaban J connectivity index is 1.62. The van der Waals surface area contributed by atoms with Crippen molar-refractivity contribution in [2.45, 2.75) is 45.6 Å². The first-order valence-electron chi connectivity index (χ1n) is 11.4. The van der Waals surface area contributed by atoms with Crippen molar-refractivity contribution in [2.75, 3.05) is 13.2 Å². The first-order chi connectivity index (χ1) is 17.2. The van der Waals surface area contributed by atoms with Gasteiger partial charge in [0.2, 0.25) is 0 Å². The van der Waals surface area contributed by atoms with E-state index in [1.165, 1.54) is 29.8 Å². The van der Waals surface area contributed by atoms with Gasteiger partial charge < -0.3 is 14.2 Å². The zero-order valence-electron chi connectivity index (χ0n) is 19.7. The van der Waals surface area contributed by atoms with Gasteiger partial charge in [-0.25, -0.2) is 4.79 Å². The minimum absolute atomic E-state index is 0.0148. The van der Waals surface area contributed by atoms with Gasteiger partial charge in [0.05, 0.1) is 23.3 Å². The molecule has 1 fully saturated rings. The summed E-state index contributed by atoms with van der Waals surface area (Å²) in [6, 6.07) is 6.55. The average molecular weight is 556 g/mol. The molecule has 0 bridgehead atoms. The number of nitrogens with zero attached hydrogens (tertiary/aromatic N) is 1. The number of hydrogen-bond acceptors (Lipinski definition) is 6. The second-order valence-electron chi connectivity index (χ2n) is 8.77. The van der Waals surface area contributed by atoms with Crippen LogP contribution in [-0.4, -0.2) is 30.8 Å². The monoisotopic (exact) mass is 555 g/mol. The predicted molar refractivity (Wildman–Crippen MR) is 136 cm³/mol. The highest BCUT2D eigenvalue weighted by molar-refractivity contribution is 7.14. The number of thiophene rings is 1. The van der Waals surface area contributed by atoms with E-state index in [1.807, 2.05) is 13.8 Å². The Bertz CT molecular complexity index is 1190. The molecule has 1 aromatic carbocycles. The van der Waals surface area contributed by atoms with Gasteiger partial charge in [0.1, 0.15) is 4.88 Å². The molecule has 0 spiro atoms. The van der Waals surface area contributed by atoms with Gasteiger partial charge in [-0.15, -0.1) is 11.3 Å². The van der Waals surface area contributed by atoms with Crippen LogP contribution in [0, 0.1) is 19.8 Å². The number of aromatic nitrogens is 1. The molecular formula is C26H25Cl2F2NO4S. The number of pyridine rings is 1. The Morgan fingerprint density at radius 1 is 1.14 bits per heavy atom. The maximum absolute atomic E-state index is 13.0. The molecule has 10 heteroatoms. The first-order valence-corrected chi connectivity index (χ1v) is 13.0. The molecule has 0 saturated heterocycles. The Morgan fingerprint density at radius 3 is 2.47 bits per heavy atom. The highest BCUT2D eigenvalue weighted by Gasteiger charge is 2.25. The Hall–Kier alpha value is -2.42. The highest BCUT2D eigenvalue weighted by Crippen LogP contribution is 2.37. The third kappa shape index (κ3) is 6.87. The fourth-order valence-corrected chi connectivity index (χ4v) is 5.10. The second kappa shape index (κ2) is 11.8. The van der Waals surface area contributed by atoms with Gasteiger partial charge in [-0.05, 0) is 73.9 Å². The van der Waals surface area contributed by atoms with Crippen molar-refractivity contribution in [3.8, 4) is 11.5 Å². The van der Waals surface area contributed by atoms with Crippen LogP contribution in [0.2, 0.25) is 10.0 Å². The fraction of sp³-hybridized carbons (Fsp3) is 0.385. The topological polar surface area (TPSA) is 57.7 Å². The summed E-state index contributed by atoms with van der Waals surface area (Å²) in [5, 5.41) is 0.761. The summed E-state index contributed by atoms with van der Waals surface area (Å²) in [5.74, 6) is -0.243. The van der Waals surface area contributed by atoms with Crippen LogP contribution in [0.25, 0.3) is 0 Å². The van der Waals surface area contributed by atoms with Crippen molar-refractivity contribution in [1.82, 2.24) is 4.98 Å². The Kier molecular flexibility index (Phi) is 8.70. The van der Waals surface area contributed by atoms with Crippen LogP contribution in [0.4, 0.5) is 8.78 Å². The van der Waals surface area contributed by atoms with Crippen molar-refractivity contribution < 1.29 is 27.8 Å². The van der Waals surface area contributed by atoms with E-state index in [2.05, 4.69) is 9.72 Å². The lowest BCUT2D eigenvalue weighted by molar-refractivity contribution is -0.0515. The van der Waals surface area contributed by atoms with Crippen molar-refractivity contribution in [2.24, 2.45) is 5.92 Å². The number of carbonyl (C=O) groups excluding carboxylic acids is 1. The summed E-state index contributed by atoms with van der Waals surface area (Å²) in [6.07, 6.45) is 5.40. The Morgan fingerprint density at radius 2 is 1.86 bits per heavy atom. The Labute approximate surface area is 222 Å². The van der Waals surface area contributed by atoms with E-state index in [4.69, 9.17) is 32.7 Å². The maximum Gasteiger partial charge on any atom is 0.387 e. The van der Waals surface area contributed by atoms with Gasteiger partial charge in [0.15, 0.2) is 11.5 Å². The molecule has 1 aliphatic carbocycles. The highest BCUT2D eigenvalue weighted by atomic mass is 35.5. The zero-order chi connectivity index (χ0) is 25.8. The van der Waals surface area contributed by atoms with Gasteiger partial charge >= 0.3 is 12.6 Å². The number of benzene rings is 1. The summed E-state index contributed by atoms with van der Waals surface area (Å²) >= 11 is 14.1. The summed E-state index contributed by atoms with van der Waals surface area (Å²) in [7, 11) is 0. The number of halogens is 4. The average Bonchev–Trinajstić information content (AvgIpc) is 3.60. The molecule has 2 aromatic heterocycles. The molecule has 0 unspecified atom stereocenters. The molecule has 2 heterocycles. The van der Waals surface area contributed by atoms with Crippen LogP contribution in [0.3, 0.4) is 0 Å². The molecule has 0 amide bonds. The van der Waals surface area contributed by atoms with Gasteiger partial charge in [-0.1, -0.05) is 29.3 Å². The summed E-state index contributed by atoms with van der Waals surface area (Å²) in [4.78, 5) is 18.3. The van der Waals surface area contributed by atoms with Crippen LogP contribution >= 0.6 is 34.5 Å². The van der Waals surface area contributed by atoms with Gasteiger partial charge in [-0.3, -0.25) is 4.98 Å². The lowest BCUT2D eigenvalue weighted by atomic mass is 9.92. The van der Waals surface area contributed by atoms with Crippen LogP contribution in [0.5, 0.6) is 11.5 Å². The van der Waals surface area contributed by atoms with Crippen LogP contribution in [0.1, 0.15) is 50.0 Å². The van der Waals surface area contributed by atoms with Gasteiger partial charge in [0.25, 0.3) is 0 Å². The third-order valence-corrected chi connectivity index (χ3v) is 7.80. The van der Waals surface area contributed by atoms with Crippen molar-refractivity contribution in [3.63, 3.8) is 0 Å². The molecule has 1 aliphatic rings. The molecule has 4 rings (SSSR count). The number of esters is 1. The van der Waals surface area contributed by atoms with E-state index >= 15 is 0 Å². The van der Waals surface area contributed by atoms with Gasteiger partial charge in [-0.2, -0.15) is 8.78 Å². The smallest absolute Gasteiger partial charge is 0.387 e. The summed E-state index contributed by atoms with van der Waals surface area (Å²) in [6.45, 7) is 1.33. The lowest BCUT2D eigenvalue weighted by Crippen LogP contribution is -2.16. The van der Waals surface area contributed by atoms with Crippen molar-refractivity contribution in [1.29, 1.82) is 0 Å². The van der Waals surface area contributed by atoms with Gasteiger partial charge in [0, 0.05) is 23.2 Å². The minimum Gasteiger partial charge on any atom is -0.489 e. The SMILES string of the molecule is Cc1cc(C(=O)OC[C@@H](Cc2c(Cl)cncc2Cl)c2ccc(OC(F)F)c(OCC3CC3)c2)sc1C. The number of carbonyl (C=O) groups is 1. The largest absolute Gasteiger partial charge is 0.489 e. The van der Waals surface area contributed by atoms with Crippen molar-refractivity contribution in [3.05, 3.63) is 73.1 Å². The lowest BCUT2D eigenvalue weighted by Gasteiger charge is -2.21. The molecule has 1 atom stereocenters. The molecule has 36 heavy (non-hydrogen) atoms.